The molecule has 5 nitrogen and oxygen atoms in total. The van der Waals surface area contributed by atoms with Gasteiger partial charge in [-0.2, -0.15) is 0 Å². The second-order valence-corrected chi connectivity index (χ2v) is 6.85. The van der Waals surface area contributed by atoms with Crippen LogP contribution in [0.3, 0.4) is 0 Å². The maximum atomic E-state index is 11.6. The zero-order valence-corrected chi connectivity index (χ0v) is 14.9. The van der Waals surface area contributed by atoms with E-state index in [1.807, 2.05) is 6.07 Å². The number of nitrogens with two attached hydrogens (primary N) is 1. The van der Waals surface area contributed by atoms with Crippen molar-refractivity contribution in [1.29, 1.82) is 0 Å². The monoisotopic (exact) mass is 367 g/mol. The molecular weight excluding hydrogens is 350 g/mol. The molecule has 0 aliphatic heterocycles. The Labute approximate surface area is 149 Å². The quantitative estimate of drug-likeness (QED) is 0.761. The fourth-order valence-electron chi connectivity index (χ4n) is 2.46. The number of carbonyl (C=O) groups is 2. The zero-order chi connectivity index (χ0) is 17.9. The number of esters is 1. The van der Waals surface area contributed by atoms with E-state index in [4.69, 9.17) is 22.1 Å². The van der Waals surface area contributed by atoms with Crippen molar-refractivity contribution in [3.63, 3.8) is 0 Å². The normalized spacial score (nSPS) is 13.3. The molecule has 7 heteroatoms. The van der Waals surface area contributed by atoms with E-state index in [0.717, 1.165) is 16.0 Å². The Morgan fingerprint density at radius 2 is 2.04 bits per heavy atom. The average molecular weight is 368 g/mol. The Bertz CT molecular complexity index is 759. The van der Waals surface area contributed by atoms with E-state index >= 15 is 0 Å². The molecule has 0 radical (unpaired) electrons. The van der Waals surface area contributed by atoms with Crippen LogP contribution in [-0.2, 0) is 9.53 Å². The van der Waals surface area contributed by atoms with Crippen LogP contribution < -0.4 is 5.73 Å². The Kier molecular flexibility index (Phi) is 5.99. The number of aliphatic carboxylic acids is 1. The standard InChI is InChI=1S/C17H18ClNO4S/c1-9(16(20)21)12(8-19)10-3-4-13(18)11(7-10)14-5-6-15(24-14)17(22)23-2/h3-7,9,12H,8,19H2,1-2H3,(H,20,21)/t9?,12-/m1/s1. The van der Waals surface area contributed by atoms with Gasteiger partial charge < -0.3 is 15.6 Å². The lowest BCUT2D eigenvalue weighted by molar-refractivity contribution is -0.141. The Morgan fingerprint density at radius 1 is 1.33 bits per heavy atom. The number of halogens is 1. The van der Waals surface area contributed by atoms with Crippen molar-refractivity contribution in [3.8, 4) is 10.4 Å². The van der Waals surface area contributed by atoms with E-state index < -0.39 is 17.9 Å². The highest BCUT2D eigenvalue weighted by molar-refractivity contribution is 7.17. The molecule has 1 aromatic heterocycles. The van der Waals surface area contributed by atoms with E-state index in [-0.39, 0.29) is 12.5 Å². The van der Waals surface area contributed by atoms with Crippen molar-refractivity contribution >= 4 is 34.9 Å². The van der Waals surface area contributed by atoms with E-state index in [9.17, 15) is 14.7 Å². The highest BCUT2D eigenvalue weighted by Gasteiger charge is 2.25. The molecule has 1 aromatic carbocycles. The summed E-state index contributed by atoms with van der Waals surface area (Å²) in [4.78, 5) is 24.2. The maximum absolute atomic E-state index is 11.6. The van der Waals surface area contributed by atoms with Gasteiger partial charge in [-0.15, -0.1) is 11.3 Å². The molecule has 0 saturated heterocycles. The smallest absolute Gasteiger partial charge is 0.348 e. The Morgan fingerprint density at radius 3 is 2.62 bits per heavy atom. The number of hydrogen-bond acceptors (Lipinski definition) is 5. The maximum Gasteiger partial charge on any atom is 0.348 e. The fourth-order valence-corrected chi connectivity index (χ4v) is 3.69. The number of ether oxygens (including phenoxy) is 1. The van der Waals surface area contributed by atoms with Gasteiger partial charge >= 0.3 is 11.9 Å². The van der Waals surface area contributed by atoms with Gasteiger partial charge in [-0.25, -0.2) is 4.79 Å². The molecule has 1 heterocycles. The van der Waals surface area contributed by atoms with Gasteiger partial charge in [0.15, 0.2) is 0 Å². The van der Waals surface area contributed by atoms with Crippen molar-refractivity contribution in [2.45, 2.75) is 12.8 Å². The van der Waals surface area contributed by atoms with Gasteiger partial charge in [0.2, 0.25) is 0 Å². The van der Waals surface area contributed by atoms with Gasteiger partial charge in [0.1, 0.15) is 4.88 Å². The van der Waals surface area contributed by atoms with Crippen molar-refractivity contribution in [3.05, 3.63) is 45.8 Å². The third kappa shape index (κ3) is 3.77. The van der Waals surface area contributed by atoms with Gasteiger partial charge in [-0.05, 0) is 29.8 Å². The molecule has 3 N–H and O–H groups in total. The van der Waals surface area contributed by atoms with Gasteiger partial charge in [-0.1, -0.05) is 24.6 Å². The molecular formula is C17H18ClNO4S. The minimum absolute atomic E-state index is 0.215. The first kappa shape index (κ1) is 18.4. The molecule has 0 fully saturated rings. The van der Waals surface area contributed by atoms with Crippen LogP contribution >= 0.6 is 22.9 Å². The second kappa shape index (κ2) is 7.79. The molecule has 2 aromatic rings. The Balaban J connectivity index is 2.43. The number of benzene rings is 1. The minimum Gasteiger partial charge on any atom is -0.481 e. The largest absolute Gasteiger partial charge is 0.481 e. The predicted molar refractivity (Wildman–Crippen MR) is 94.7 cm³/mol. The summed E-state index contributed by atoms with van der Waals surface area (Å²) in [7, 11) is 1.33. The molecule has 0 amide bonds. The number of methoxy groups -OCH3 is 1. The third-order valence-electron chi connectivity index (χ3n) is 3.92. The van der Waals surface area contributed by atoms with Crippen LogP contribution in [0.4, 0.5) is 0 Å². The van der Waals surface area contributed by atoms with Gasteiger partial charge in [0.25, 0.3) is 0 Å². The van der Waals surface area contributed by atoms with Gasteiger partial charge in [-0.3, -0.25) is 4.79 Å². The van der Waals surface area contributed by atoms with Crippen LogP contribution in [0.2, 0.25) is 5.02 Å². The highest BCUT2D eigenvalue weighted by Crippen LogP contribution is 2.36. The van der Waals surface area contributed by atoms with Crippen LogP contribution in [0.25, 0.3) is 10.4 Å². The molecule has 1 unspecified atom stereocenters. The summed E-state index contributed by atoms with van der Waals surface area (Å²) in [6.07, 6.45) is 0. The van der Waals surface area contributed by atoms with Crippen molar-refractivity contribution in [1.82, 2.24) is 0 Å². The fraction of sp³-hybridized carbons (Fsp3) is 0.294. The second-order valence-electron chi connectivity index (χ2n) is 5.36. The summed E-state index contributed by atoms with van der Waals surface area (Å²) in [6, 6.07) is 8.82. The van der Waals surface area contributed by atoms with Crippen molar-refractivity contribution in [2.24, 2.45) is 11.7 Å². The van der Waals surface area contributed by atoms with Crippen LogP contribution in [0.5, 0.6) is 0 Å². The van der Waals surface area contributed by atoms with Crippen LogP contribution in [0, 0.1) is 5.92 Å². The third-order valence-corrected chi connectivity index (χ3v) is 5.35. The SMILES string of the molecule is COC(=O)c1ccc(-c2cc([C@H](CN)C(C)C(=O)O)ccc2Cl)s1. The Hall–Kier alpha value is -1.89. The van der Waals surface area contributed by atoms with Crippen molar-refractivity contribution < 1.29 is 19.4 Å². The topological polar surface area (TPSA) is 89.6 Å². The molecule has 128 valence electrons. The minimum atomic E-state index is -0.897. The number of carboxylic acids is 1. The molecule has 0 saturated carbocycles. The van der Waals surface area contributed by atoms with Crippen LogP contribution in [0.1, 0.15) is 28.1 Å². The molecule has 0 aliphatic carbocycles. The zero-order valence-electron chi connectivity index (χ0n) is 13.3. The predicted octanol–water partition coefficient (Wildman–Crippen LogP) is 3.62. The number of thiophene rings is 1. The number of carbonyl (C=O) groups excluding carboxylic acids is 1. The van der Waals surface area contributed by atoms with Crippen LogP contribution in [-0.4, -0.2) is 30.7 Å². The van der Waals surface area contributed by atoms with E-state index in [2.05, 4.69) is 0 Å². The van der Waals surface area contributed by atoms with E-state index in [1.54, 1.807) is 31.2 Å². The van der Waals surface area contributed by atoms with Gasteiger partial charge in [0.05, 0.1) is 13.0 Å². The number of carboxylic acid groups (broad SMARTS) is 1. The highest BCUT2D eigenvalue weighted by atomic mass is 35.5. The van der Waals surface area contributed by atoms with Crippen molar-refractivity contribution in [2.75, 3.05) is 13.7 Å². The van der Waals surface area contributed by atoms with Gasteiger partial charge in [0, 0.05) is 27.9 Å². The summed E-state index contributed by atoms with van der Waals surface area (Å²) in [6.45, 7) is 1.85. The molecule has 24 heavy (non-hydrogen) atoms. The number of rotatable bonds is 6. The first-order valence-corrected chi connectivity index (χ1v) is 8.49. The summed E-state index contributed by atoms with van der Waals surface area (Å²) in [5, 5.41) is 9.77. The molecule has 0 aliphatic rings. The molecule has 2 atom stereocenters. The van der Waals surface area contributed by atoms with Crippen LogP contribution in [0.15, 0.2) is 30.3 Å². The van der Waals surface area contributed by atoms with E-state index in [1.165, 1.54) is 18.4 Å². The number of hydrogen-bond donors (Lipinski definition) is 2. The lowest BCUT2D eigenvalue weighted by Crippen LogP contribution is -2.25. The summed E-state index contributed by atoms with van der Waals surface area (Å²) in [5.74, 6) is -2.24. The average Bonchev–Trinajstić information content (AvgIpc) is 3.05. The molecule has 2 rings (SSSR count). The molecule has 0 spiro atoms. The lowest BCUT2D eigenvalue weighted by Gasteiger charge is -2.20. The summed E-state index contributed by atoms with van der Waals surface area (Å²) in [5.41, 5.74) is 7.32. The first-order valence-electron chi connectivity index (χ1n) is 7.29. The summed E-state index contributed by atoms with van der Waals surface area (Å²) < 4.78 is 4.71. The lowest BCUT2D eigenvalue weighted by atomic mass is 9.86. The summed E-state index contributed by atoms with van der Waals surface area (Å²) >= 11 is 7.56. The first-order chi connectivity index (χ1) is 11.4. The molecule has 0 bridgehead atoms. The van der Waals surface area contributed by atoms with E-state index in [0.29, 0.717) is 9.90 Å².